The molecule has 1 aliphatic carbocycles. The summed E-state index contributed by atoms with van der Waals surface area (Å²) in [6.45, 7) is -0.300. The van der Waals surface area contributed by atoms with Crippen LogP contribution in [-0.4, -0.2) is 66.5 Å². The van der Waals surface area contributed by atoms with Crippen LogP contribution in [0.1, 0.15) is 32.1 Å². The summed E-state index contributed by atoms with van der Waals surface area (Å²) in [6, 6.07) is -0.876. The first-order valence-electron chi connectivity index (χ1n) is 7.17. The summed E-state index contributed by atoms with van der Waals surface area (Å²) >= 11 is 0. The summed E-state index contributed by atoms with van der Waals surface area (Å²) in [5.41, 5.74) is 0. The number of carbonyl (C=O) groups excluding carboxylic acids is 1. The van der Waals surface area contributed by atoms with Gasteiger partial charge in [-0.1, -0.05) is 12.8 Å². The van der Waals surface area contributed by atoms with E-state index in [9.17, 15) is 23.1 Å². The highest BCUT2D eigenvalue weighted by Crippen LogP contribution is 2.39. The molecule has 2 aliphatic rings. The van der Waals surface area contributed by atoms with Crippen LogP contribution in [0, 0.1) is 5.92 Å². The quantitative estimate of drug-likeness (QED) is 0.794. The van der Waals surface area contributed by atoms with Crippen molar-refractivity contribution in [2.75, 3.05) is 19.8 Å². The van der Waals surface area contributed by atoms with Crippen LogP contribution in [0.4, 0.5) is 0 Å². The third-order valence-electron chi connectivity index (χ3n) is 4.59. The largest absolute Gasteiger partial charge is 0.480 e. The molecule has 3 atom stereocenters. The Kier molecular flexibility index (Phi) is 4.57. The minimum absolute atomic E-state index is 0.0553. The van der Waals surface area contributed by atoms with Crippen molar-refractivity contribution in [3.05, 3.63) is 0 Å². The number of hydrogen-bond acceptors (Lipinski definition) is 4. The molecule has 1 saturated heterocycles. The highest BCUT2D eigenvalue weighted by Gasteiger charge is 2.47. The summed E-state index contributed by atoms with van der Waals surface area (Å²) in [6.07, 6.45) is 5.32. The third kappa shape index (κ3) is 3.37. The van der Waals surface area contributed by atoms with E-state index in [0.29, 0.717) is 6.42 Å². The number of fused-ring (bicyclic) bond motifs is 1. The molecule has 0 aromatic heterocycles. The van der Waals surface area contributed by atoms with Crippen LogP contribution in [-0.2, 0) is 19.6 Å². The molecule has 2 fully saturated rings. The maximum absolute atomic E-state index is 12.4. The van der Waals surface area contributed by atoms with Crippen molar-refractivity contribution in [3.8, 4) is 0 Å². The van der Waals surface area contributed by atoms with E-state index >= 15 is 0 Å². The SMILES string of the molecule is CN(CC(=O)N1C(C(=O)O)CC2CCCCC21)S(C)(=O)=O. The zero-order chi connectivity index (χ0) is 15.8. The number of carboxylic acids is 1. The van der Waals surface area contributed by atoms with Gasteiger partial charge in [-0.15, -0.1) is 0 Å². The fraction of sp³-hybridized carbons (Fsp3) is 0.846. The second-order valence-electron chi connectivity index (χ2n) is 6.02. The molecule has 0 spiro atoms. The van der Waals surface area contributed by atoms with Gasteiger partial charge in [0, 0.05) is 13.1 Å². The number of likely N-dealkylation sites (N-methyl/N-ethyl adjacent to an activating group) is 1. The van der Waals surface area contributed by atoms with Crippen molar-refractivity contribution in [1.82, 2.24) is 9.21 Å². The Hall–Kier alpha value is -1.15. The fourth-order valence-electron chi connectivity index (χ4n) is 3.43. The van der Waals surface area contributed by atoms with E-state index in [4.69, 9.17) is 0 Å². The van der Waals surface area contributed by atoms with E-state index in [2.05, 4.69) is 0 Å². The number of carbonyl (C=O) groups is 2. The van der Waals surface area contributed by atoms with E-state index in [0.717, 1.165) is 36.2 Å². The lowest BCUT2D eigenvalue weighted by Crippen LogP contribution is -2.50. The number of hydrogen-bond donors (Lipinski definition) is 1. The fourth-order valence-corrected chi connectivity index (χ4v) is 3.77. The molecule has 0 radical (unpaired) electrons. The van der Waals surface area contributed by atoms with Gasteiger partial charge in [-0.3, -0.25) is 4.79 Å². The van der Waals surface area contributed by atoms with Crippen LogP contribution >= 0.6 is 0 Å². The van der Waals surface area contributed by atoms with E-state index in [1.165, 1.54) is 11.9 Å². The predicted octanol–water partition coefficient (Wildman–Crippen LogP) is 0.122. The van der Waals surface area contributed by atoms with Crippen LogP contribution in [0.3, 0.4) is 0 Å². The number of amides is 1. The first-order chi connectivity index (χ1) is 9.71. The summed E-state index contributed by atoms with van der Waals surface area (Å²) < 4.78 is 23.8. The predicted molar refractivity (Wildman–Crippen MR) is 76.1 cm³/mol. The second kappa shape index (κ2) is 5.92. The van der Waals surface area contributed by atoms with Crippen LogP contribution < -0.4 is 0 Å². The first kappa shape index (κ1) is 16.2. The number of likely N-dealkylation sites (tertiary alicyclic amines) is 1. The van der Waals surface area contributed by atoms with Crippen molar-refractivity contribution < 1.29 is 23.1 Å². The molecular formula is C13H22N2O5S. The second-order valence-corrected chi connectivity index (χ2v) is 8.11. The molecule has 1 N–H and O–H groups in total. The lowest BCUT2D eigenvalue weighted by molar-refractivity contribution is -0.149. The van der Waals surface area contributed by atoms with Crippen molar-refractivity contribution >= 4 is 21.9 Å². The molecule has 2 rings (SSSR count). The molecule has 8 heteroatoms. The maximum atomic E-state index is 12.4. The normalized spacial score (nSPS) is 29.5. The van der Waals surface area contributed by atoms with Gasteiger partial charge in [0.2, 0.25) is 15.9 Å². The van der Waals surface area contributed by atoms with E-state index in [-0.39, 0.29) is 18.5 Å². The number of aliphatic carboxylic acids is 1. The van der Waals surface area contributed by atoms with Gasteiger partial charge in [-0.25, -0.2) is 13.2 Å². The van der Waals surface area contributed by atoms with Crippen LogP contribution in [0.25, 0.3) is 0 Å². The van der Waals surface area contributed by atoms with Gasteiger partial charge in [0.05, 0.1) is 12.8 Å². The average molecular weight is 318 g/mol. The highest BCUT2D eigenvalue weighted by molar-refractivity contribution is 7.88. The van der Waals surface area contributed by atoms with E-state index in [1.54, 1.807) is 0 Å². The monoisotopic (exact) mass is 318 g/mol. The molecule has 0 aromatic carbocycles. The lowest BCUT2D eigenvalue weighted by Gasteiger charge is -2.33. The highest BCUT2D eigenvalue weighted by atomic mass is 32.2. The smallest absolute Gasteiger partial charge is 0.326 e. The lowest BCUT2D eigenvalue weighted by atomic mass is 9.85. The van der Waals surface area contributed by atoms with Gasteiger partial charge in [0.15, 0.2) is 0 Å². The van der Waals surface area contributed by atoms with Crippen molar-refractivity contribution in [2.24, 2.45) is 5.92 Å². The van der Waals surface area contributed by atoms with Gasteiger partial charge in [0.1, 0.15) is 6.04 Å². The Labute approximate surface area is 125 Å². The van der Waals surface area contributed by atoms with Gasteiger partial charge in [-0.2, -0.15) is 4.31 Å². The molecule has 7 nitrogen and oxygen atoms in total. The van der Waals surface area contributed by atoms with Crippen molar-refractivity contribution in [3.63, 3.8) is 0 Å². The summed E-state index contributed by atoms with van der Waals surface area (Å²) in [4.78, 5) is 25.3. The standard InChI is InChI=1S/C13H22N2O5S/c1-14(21(2,19)20)8-12(16)15-10-6-4-3-5-9(10)7-11(15)13(17)18/h9-11H,3-8H2,1-2H3,(H,17,18). The van der Waals surface area contributed by atoms with Gasteiger partial charge < -0.3 is 10.0 Å². The van der Waals surface area contributed by atoms with Crippen LogP contribution in [0.15, 0.2) is 0 Å². The summed E-state index contributed by atoms with van der Waals surface area (Å²) in [7, 11) is -2.13. The zero-order valence-electron chi connectivity index (χ0n) is 12.4. The topological polar surface area (TPSA) is 95.0 Å². The summed E-state index contributed by atoms with van der Waals surface area (Å²) in [5.74, 6) is -1.18. The molecule has 0 bridgehead atoms. The van der Waals surface area contributed by atoms with Gasteiger partial charge >= 0.3 is 5.97 Å². The number of rotatable bonds is 4. The number of sulfonamides is 1. The van der Waals surface area contributed by atoms with Gasteiger partial charge in [-0.05, 0) is 25.2 Å². The third-order valence-corrected chi connectivity index (χ3v) is 5.85. The Morgan fingerprint density at radius 2 is 1.90 bits per heavy atom. The molecular weight excluding hydrogens is 296 g/mol. The minimum Gasteiger partial charge on any atom is -0.480 e. The Balaban J connectivity index is 2.17. The molecule has 1 amide bonds. The van der Waals surface area contributed by atoms with E-state index in [1.807, 2.05) is 0 Å². The Morgan fingerprint density at radius 3 is 2.48 bits per heavy atom. The molecule has 120 valence electrons. The van der Waals surface area contributed by atoms with Crippen LogP contribution in [0.5, 0.6) is 0 Å². The molecule has 1 heterocycles. The van der Waals surface area contributed by atoms with Crippen molar-refractivity contribution in [2.45, 2.75) is 44.2 Å². The zero-order valence-corrected chi connectivity index (χ0v) is 13.2. The van der Waals surface area contributed by atoms with Crippen LogP contribution in [0.2, 0.25) is 0 Å². The molecule has 1 aliphatic heterocycles. The van der Waals surface area contributed by atoms with Crippen molar-refractivity contribution in [1.29, 1.82) is 0 Å². The minimum atomic E-state index is -3.46. The molecule has 1 saturated carbocycles. The average Bonchev–Trinajstić information content (AvgIpc) is 2.76. The van der Waals surface area contributed by atoms with Gasteiger partial charge in [0.25, 0.3) is 0 Å². The molecule has 3 unspecified atom stereocenters. The van der Waals surface area contributed by atoms with E-state index < -0.39 is 27.9 Å². The number of carboxylic acid groups (broad SMARTS) is 1. The number of nitrogens with zero attached hydrogens (tertiary/aromatic N) is 2. The molecule has 21 heavy (non-hydrogen) atoms. The maximum Gasteiger partial charge on any atom is 0.326 e. The first-order valence-corrected chi connectivity index (χ1v) is 9.02. The Bertz CT molecular complexity index is 533. The Morgan fingerprint density at radius 1 is 1.29 bits per heavy atom. The summed E-state index contributed by atoms with van der Waals surface area (Å²) in [5, 5.41) is 9.35. The molecule has 0 aromatic rings.